The normalized spacial score (nSPS) is 8.10. The lowest BCUT2D eigenvalue weighted by atomic mass is 10.5. The molecule has 0 aliphatic rings. The van der Waals surface area contributed by atoms with Crippen LogP contribution < -0.4 is 0 Å². The molecule has 0 aromatic rings. The van der Waals surface area contributed by atoms with Crippen LogP contribution in [-0.4, -0.2) is 24.7 Å². The summed E-state index contributed by atoms with van der Waals surface area (Å²) in [6.07, 6.45) is 1.85. The van der Waals surface area contributed by atoms with Crippen molar-refractivity contribution in [3.05, 3.63) is 0 Å². The fourth-order valence-corrected chi connectivity index (χ4v) is 0.419. The molecule has 0 aliphatic carbocycles. The van der Waals surface area contributed by atoms with Crippen LogP contribution in [0, 0.1) is 0 Å². The van der Waals surface area contributed by atoms with Crippen LogP contribution >= 0.6 is 11.6 Å². The highest BCUT2D eigenvalue weighted by molar-refractivity contribution is 6.61. The number of aliphatic imine (C=N–C) groups is 1. The van der Waals surface area contributed by atoms with Gasteiger partial charge in [-0.25, -0.2) is 14.6 Å². The number of rotatable bonds is 4. The minimum Gasteiger partial charge on any atom is -0.454 e. The zero-order chi connectivity index (χ0) is 7.82. The van der Waals surface area contributed by atoms with Crippen LogP contribution in [0.2, 0.25) is 0 Å². The first-order valence-electron chi connectivity index (χ1n) is 2.63. The molecule has 56 valence electrons. The molecule has 0 saturated carbocycles. The zero-order valence-corrected chi connectivity index (χ0v) is 5.93. The predicted molar refractivity (Wildman–Crippen MR) is 34.8 cm³/mol. The monoisotopic (exact) mass is 163 g/mol. The van der Waals surface area contributed by atoms with E-state index in [1.807, 2.05) is 0 Å². The van der Waals surface area contributed by atoms with E-state index in [0.29, 0.717) is 13.0 Å². The Morgan fingerprint density at radius 2 is 2.40 bits per heavy atom. The van der Waals surface area contributed by atoms with E-state index < -0.39 is 5.43 Å². The fraction of sp³-hybridized carbons (Fsp3) is 0.600. The highest BCUT2D eigenvalue weighted by Crippen LogP contribution is 1.89. The van der Waals surface area contributed by atoms with Gasteiger partial charge in [0.25, 0.3) is 0 Å². The molecule has 10 heavy (non-hydrogen) atoms. The highest BCUT2D eigenvalue weighted by Gasteiger charge is 1.92. The molecule has 0 unspecified atom stereocenters. The number of hydrogen-bond donors (Lipinski definition) is 0. The van der Waals surface area contributed by atoms with Crippen molar-refractivity contribution in [2.45, 2.75) is 6.42 Å². The van der Waals surface area contributed by atoms with Crippen molar-refractivity contribution >= 4 is 23.1 Å². The minimum atomic E-state index is -0.838. The van der Waals surface area contributed by atoms with Gasteiger partial charge in [0.05, 0.1) is 13.2 Å². The van der Waals surface area contributed by atoms with Crippen LogP contribution in [0.15, 0.2) is 4.99 Å². The van der Waals surface area contributed by atoms with Crippen LogP contribution in [0.1, 0.15) is 6.42 Å². The highest BCUT2D eigenvalue weighted by atomic mass is 35.5. The van der Waals surface area contributed by atoms with Crippen molar-refractivity contribution in [2.75, 3.05) is 13.2 Å². The minimum absolute atomic E-state index is 0.188. The van der Waals surface area contributed by atoms with E-state index in [9.17, 15) is 9.59 Å². The molecule has 0 bridgehead atoms. The Kier molecular flexibility index (Phi) is 5.72. The number of ether oxygens (including phenoxy) is 1. The van der Waals surface area contributed by atoms with E-state index in [-0.39, 0.29) is 6.61 Å². The second-order valence-electron chi connectivity index (χ2n) is 1.41. The molecule has 0 aliphatic heterocycles. The van der Waals surface area contributed by atoms with Crippen LogP contribution in [0.4, 0.5) is 4.79 Å². The van der Waals surface area contributed by atoms with Gasteiger partial charge < -0.3 is 4.74 Å². The predicted octanol–water partition coefficient (Wildman–Crippen LogP) is 1.09. The maximum absolute atomic E-state index is 9.91. The smallest absolute Gasteiger partial charge is 0.403 e. The summed E-state index contributed by atoms with van der Waals surface area (Å²) in [6.45, 7) is 0.501. The molecule has 0 radical (unpaired) electrons. The molecule has 0 aromatic heterocycles. The lowest BCUT2D eigenvalue weighted by Crippen LogP contribution is -1.97. The lowest BCUT2D eigenvalue weighted by molar-refractivity contribution is 0.173. The molecule has 0 rings (SSSR count). The molecule has 5 heteroatoms. The second kappa shape index (κ2) is 6.26. The number of hydrogen-bond acceptors (Lipinski definition) is 4. The summed E-state index contributed by atoms with van der Waals surface area (Å²) in [5.41, 5.74) is -0.838. The Hall–Kier alpha value is -0.860. The third-order valence-electron chi connectivity index (χ3n) is 0.694. The average Bonchev–Trinajstić information content (AvgIpc) is 1.87. The summed E-state index contributed by atoms with van der Waals surface area (Å²) in [6, 6.07) is 0. The van der Waals surface area contributed by atoms with Crippen molar-refractivity contribution in [3.63, 3.8) is 0 Å². The molecular formula is C5H6ClNO3. The summed E-state index contributed by atoms with van der Waals surface area (Å²) < 4.78 is 4.33. The van der Waals surface area contributed by atoms with Gasteiger partial charge in [-0.05, 0) is 0 Å². The first-order chi connectivity index (χ1) is 4.77. The van der Waals surface area contributed by atoms with Gasteiger partial charge >= 0.3 is 5.43 Å². The largest absolute Gasteiger partial charge is 0.454 e. The molecule has 0 fully saturated rings. The number of carbonyl (C=O) groups is 1. The Morgan fingerprint density at radius 3 is 2.90 bits per heavy atom. The summed E-state index contributed by atoms with van der Waals surface area (Å²) in [7, 11) is 0. The third kappa shape index (κ3) is 7.14. The van der Waals surface area contributed by atoms with Crippen LogP contribution in [-0.2, 0) is 9.53 Å². The Balaban J connectivity index is 3.05. The van der Waals surface area contributed by atoms with Crippen LogP contribution in [0.5, 0.6) is 0 Å². The van der Waals surface area contributed by atoms with E-state index >= 15 is 0 Å². The van der Waals surface area contributed by atoms with Crippen molar-refractivity contribution in [3.8, 4) is 0 Å². The lowest BCUT2D eigenvalue weighted by Gasteiger charge is -1.94. The van der Waals surface area contributed by atoms with Crippen molar-refractivity contribution in [1.29, 1.82) is 0 Å². The number of isocyanates is 1. The SMILES string of the molecule is O=C=NCCCOC(=O)Cl. The molecule has 0 heterocycles. The molecule has 0 N–H and O–H groups in total. The molecule has 0 spiro atoms. The second-order valence-corrected chi connectivity index (χ2v) is 1.72. The van der Waals surface area contributed by atoms with E-state index in [4.69, 9.17) is 11.6 Å². The van der Waals surface area contributed by atoms with E-state index in [2.05, 4.69) is 9.73 Å². The van der Waals surface area contributed by atoms with Crippen LogP contribution in [0.3, 0.4) is 0 Å². The molecule has 0 amide bonds. The average molecular weight is 164 g/mol. The molecular weight excluding hydrogens is 158 g/mol. The van der Waals surface area contributed by atoms with Gasteiger partial charge in [-0.15, -0.1) is 0 Å². The quantitative estimate of drug-likeness (QED) is 0.270. The zero-order valence-electron chi connectivity index (χ0n) is 5.17. The van der Waals surface area contributed by atoms with E-state index in [0.717, 1.165) is 0 Å². The van der Waals surface area contributed by atoms with Gasteiger partial charge in [0.1, 0.15) is 0 Å². The standard InChI is InChI=1S/C5H6ClNO3/c6-5(9)10-3-1-2-7-4-8/h1-3H2. The molecule has 0 aromatic carbocycles. The van der Waals surface area contributed by atoms with Crippen molar-refractivity contribution in [2.24, 2.45) is 4.99 Å². The first-order valence-corrected chi connectivity index (χ1v) is 3.01. The van der Waals surface area contributed by atoms with Gasteiger partial charge in [-0.3, -0.25) is 0 Å². The van der Waals surface area contributed by atoms with E-state index in [1.54, 1.807) is 0 Å². The fourth-order valence-electron chi connectivity index (χ4n) is 0.342. The summed E-state index contributed by atoms with van der Waals surface area (Å²) in [4.78, 5) is 22.6. The van der Waals surface area contributed by atoms with E-state index in [1.165, 1.54) is 6.08 Å². The van der Waals surface area contributed by atoms with Crippen LogP contribution in [0.25, 0.3) is 0 Å². The van der Waals surface area contributed by atoms with Gasteiger partial charge in [0.2, 0.25) is 6.08 Å². The maximum Gasteiger partial charge on any atom is 0.403 e. The van der Waals surface area contributed by atoms with Gasteiger partial charge in [-0.1, -0.05) is 0 Å². The summed E-state index contributed by atoms with van der Waals surface area (Å²) in [5, 5.41) is 0. The molecule has 0 saturated heterocycles. The first kappa shape index (κ1) is 9.14. The summed E-state index contributed by atoms with van der Waals surface area (Å²) >= 11 is 4.82. The number of halogens is 1. The number of carbonyl (C=O) groups excluding carboxylic acids is 2. The van der Waals surface area contributed by atoms with Crippen molar-refractivity contribution in [1.82, 2.24) is 0 Å². The summed E-state index contributed by atoms with van der Waals surface area (Å²) in [5.74, 6) is 0. The molecule has 4 nitrogen and oxygen atoms in total. The Labute approximate surface area is 62.8 Å². The van der Waals surface area contributed by atoms with Gasteiger partial charge in [-0.2, -0.15) is 0 Å². The topological polar surface area (TPSA) is 55.7 Å². The Bertz CT molecular complexity index is 149. The van der Waals surface area contributed by atoms with Crippen molar-refractivity contribution < 1.29 is 14.3 Å². The maximum atomic E-state index is 9.91. The van der Waals surface area contributed by atoms with Gasteiger partial charge in [0.15, 0.2) is 0 Å². The Morgan fingerprint density at radius 1 is 1.70 bits per heavy atom. The third-order valence-corrected chi connectivity index (χ3v) is 0.803. The molecule has 0 atom stereocenters. The van der Waals surface area contributed by atoms with Gasteiger partial charge in [0, 0.05) is 18.0 Å². The number of nitrogens with zero attached hydrogens (tertiary/aromatic N) is 1.